The van der Waals surface area contributed by atoms with Gasteiger partial charge in [-0.3, -0.25) is 4.79 Å². The van der Waals surface area contributed by atoms with Crippen molar-refractivity contribution in [2.24, 2.45) is 0 Å². The monoisotopic (exact) mass is 463 g/mol. The molecule has 170 valence electrons. The molecule has 0 spiro atoms. The first-order valence-electron chi connectivity index (χ1n) is 10.3. The van der Waals surface area contributed by atoms with Crippen LogP contribution in [0.4, 0.5) is 8.78 Å². The van der Waals surface area contributed by atoms with Crippen LogP contribution in [-0.4, -0.2) is 57.1 Å². The fourth-order valence-electron chi connectivity index (χ4n) is 4.10. The van der Waals surface area contributed by atoms with E-state index in [0.29, 0.717) is 24.4 Å². The molecular formula is C21H15F2N9O2. The van der Waals surface area contributed by atoms with Gasteiger partial charge < -0.3 is 14.3 Å². The van der Waals surface area contributed by atoms with Gasteiger partial charge in [0.1, 0.15) is 6.04 Å². The van der Waals surface area contributed by atoms with Gasteiger partial charge in [0.15, 0.2) is 0 Å². The van der Waals surface area contributed by atoms with Crippen LogP contribution >= 0.6 is 0 Å². The van der Waals surface area contributed by atoms with Crippen LogP contribution in [0.5, 0.6) is 0 Å². The lowest BCUT2D eigenvalue weighted by atomic mass is 9.99. The number of amides is 1. The number of fused-ring (bicyclic) bond motifs is 2. The molecule has 1 aliphatic rings. The van der Waals surface area contributed by atoms with Gasteiger partial charge in [0.05, 0.1) is 23.2 Å². The summed E-state index contributed by atoms with van der Waals surface area (Å²) in [7, 11) is 0. The Hall–Kier alpha value is -4.55. The number of nitrogens with zero attached hydrogens (tertiary/aromatic N) is 8. The minimum atomic E-state index is -2.67. The molecule has 5 aromatic rings. The third-order valence-corrected chi connectivity index (χ3v) is 5.62. The fraction of sp³-hybridized carbons (Fsp3) is 0.190. The number of carbonyl (C=O) groups is 1. The molecule has 6 heterocycles. The van der Waals surface area contributed by atoms with E-state index in [2.05, 4.69) is 35.2 Å². The fourth-order valence-corrected chi connectivity index (χ4v) is 4.10. The van der Waals surface area contributed by atoms with Crippen LogP contribution in [-0.2, 0) is 6.42 Å². The first kappa shape index (κ1) is 20.1. The van der Waals surface area contributed by atoms with E-state index in [-0.39, 0.29) is 28.7 Å². The van der Waals surface area contributed by atoms with Crippen molar-refractivity contribution in [2.45, 2.75) is 18.9 Å². The Morgan fingerprint density at radius 1 is 1.18 bits per heavy atom. The van der Waals surface area contributed by atoms with Crippen LogP contribution in [0.15, 0.2) is 53.6 Å². The van der Waals surface area contributed by atoms with Crippen LogP contribution in [0, 0.1) is 0 Å². The second-order valence-electron chi connectivity index (χ2n) is 7.57. The number of alkyl halides is 2. The van der Waals surface area contributed by atoms with Gasteiger partial charge in [0.2, 0.25) is 5.82 Å². The molecule has 0 unspecified atom stereocenters. The summed E-state index contributed by atoms with van der Waals surface area (Å²) < 4.78 is 34.0. The second-order valence-corrected chi connectivity index (χ2v) is 7.57. The Morgan fingerprint density at radius 3 is 2.85 bits per heavy atom. The number of rotatable bonds is 4. The van der Waals surface area contributed by atoms with Crippen molar-refractivity contribution >= 4 is 11.4 Å². The number of hydrogen-bond acceptors (Lipinski definition) is 8. The van der Waals surface area contributed by atoms with E-state index in [4.69, 9.17) is 4.42 Å². The Balaban J connectivity index is 1.42. The summed E-state index contributed by atoms with van der Waals surface area (Å²) in [5.74, 6) is -0.589. The molecule has 0 aliphatic carbocycles. The molecule has 0 aromatic carbocycles. The third kappa shape index (κ3) is 3.20. The zero-order chi connectivity index (χ0) is 23.2. The first-order valence-corrected chi connectivity index (χ1v) is 10.3. The van der Waals surface area contributed by atoms with E-state index in [1.165, 1.54) is 40.3 Å². The van der Waals surface area contributed by atoms with Crippen molar-refractivity contribution in [2.75, 3.05) is 6.54 Å². The molecule has 1 amide bonds. The number of halogens is 2. The number of nitrogens with one attached hydrogen (secondary N) is 1. The molecule has 6 rings (SSSR count). The number of hydrogen-bond donors (Lipinski definition) is 1. The molecule has 34 heavy (non-hydrogen) atoms. The predicted octanol–water partition coefficient (Wildman–Crippen LogP) is 2.62. The SMILES string of the molecule is O=C(c1nnc(-c2ncccn2)o1)N1CCc2[nH]cnc2[C@H]1c1cc2c(C(F)F)cccn2n1. The van der Waals surface area contributed by atoms with Crippen LogP contribution < -0.4 is 0 Å². The lowest BCUT2D eigenvalue weighted by Crippen LogP contribution is -2.41. The highest BCUT2D eigenvalue weighted by molar-refractivity contribution is 5.90. The van der Waals surface area contributed by atoms with Gasteiger partial charge in [-0.25, -0.2) is 28.2 Å². The molecule has 5 aromatic heterocycles. The summed E-state index contributed by atoms with van der Waals surface area (Å²) in [5, 5.41) is 12.3. The zero-order valence-electron chi connectivity index (χ0n) is 17.3. The summed E-state index contributed by atoms with van der Waals surface area (Å²) in [6, 6.07) is 5.30. The summed E-state index contributed by atoms with van der Waals surface area (Å²) in [5.41, 5.74) is 1.91. The molecule has 1 N–H and O–H groups in total. The highest BCUT2D eigenvalue weighted by Crippen LogP contribution is 2.35. The van der Waals surface area contributed by atoms with Gasteiger partial charge in [-0.05, 0) is 24.3 Å². The Morgan fingerprint density at radius 2 is 2.03 bits per heavy atom. The standard InChI is InChI=1S/C21H15F2N9O2/c22-17(23)11-3-1-7-32-14(11)9-13(30-32)16-15-12(26-10-27-15)4-8-31(16)21(33)20-29-28-19(34-20)18-24-5-2-6-25-18/h1-3,5-7,9-10,16-17H,4,8H2,(H,26,27)/t16-/m1/s1. The number of aromatic nitrogens is 8. The van der Waals surface area contributed by atoms with E-state index in [9.17, 15) is 13.6 Å². The van der Waals surface area contributed by atoms with E-state index in [1.807, 2.05) is 0 Å². The minimum absolute atomic E-state index is 0.00673. The maximum Gasteiger partial charge on any atom is 0.312 e. The van der Waals surface area contributed by atoms with Crippen LogP contribution in [0.3, 0.4) is 0 Å². The molecule has 1 atom stereocenters. The van der Waals surface area contributed by atoms with Gasteiger partial charge in [-0.1, -0.05) is 0 Å². The number of pyridine rings is 1. The summed E-state index contributed by atoms with van der Waals surface area (Å²) >= 11 is 0. The average molecular weight is 463 g/mol. The predicted molar refractivity (Wildman–Crippen MR) is 111 cm³/mol. The van der Waals surface area contributed by atoms with Crippen LogP contribution in [0.1, 0.15) is 45.8 Å². The average Bonchev–Trinajstić information content (AvgIpc) is 3.62. The van der Waals surface area contributed by atoms with Crippen molar-refractivity contribution in [1.29, 1.82) is 0 Å². The molecular weight excluding hydrogens is 448 g/mol. The topological polar surface area (TPSA) is 131 Å². The number of imidazole rings is 1. The van der Waals surface area contributed by atoms with Crippen molar-refractivity contribution < 1.29 is 18.0 Å². The van der Waals surface area contributed by atoms with Crippen molar-refractivity contribution in [3.8, 4) is 11.7 Å². The molecule has 0 radical (unpaired) electrons. The van der Waals surface area contributed by atoms with Gasteiger partial charge in [-0.15, -0.1) is 10.2 Å². The lowest BCUT2D eigenvalue weighted by molar-refractivity contribution is 0.0646. The lowest BCUT2D eigenvalue weighted by Gasteiger charge is -2.32. The molecule has 1 aliphatic heterocycles. The summed E-state index contributed by atoms with van der Waals surface area (Å²) in [6.45, 7) is 0.299. The number of carbonyl (C=O) groups excluding carboxylic acids is 1. The number of aromatic amines is 1. The zero-order valence-corrected chi connectivity index (χ0v) is 17.3. The highest BCUT2D eigenvalue weighted by atomic mass is 19.3. The largest absolute Gasteiger partial charge is 0.409 e. The Kier molecular flexibility index (Phi) is 4.60. The smallest absolute Gasteiger partial charge is 0.312 e. The van der Waals surface area contributed by atoms with E-state index >= 15 is 0 Å². The quantitative estimate of drug-likeness (QED) is 0.430. The van der Waals surface area contributed by atoms with Gasteiger partial charge in [0, 0.05) is 42.8 Å². The van der Waals surface area contributed by atoms with Crippen molar-refractivity contribution in [3.63, 3.8) is 0 Å². The van der Waals surface area contributed by atoms with E-state index in [1.54, 1.807) is 18.3 Å². The normalized spacial score (nSPS) is 15.7. The number of H-pyrrole nitrogens is 1. The van der Waals surface area contributed by atoms with E-state index in [0.717, 1.165) is 5.69 Å². The Labute approximate surface area is 189 Å². The first-order chi connectivity index (χ1) is 16.6. The molecule has 0 saturated heterocycles. The summed E-state index contributed by atoms with van der Waals surface area (Å²) in [6.07, 6.45) is 3.99. The van der Waals surface area contributed by atoms with Crippen LogP contribution in [0.25, 0.3) is 17.2 Å². The maximum atomic E-state index is 13.5. The maximum absolute atomic E-state index is 13.5. The van der Waals surface area contributed by atoms with Crippen molar-refractivity contribution in [3.05, 3.63) is 77.7 Å². The van der Waals surface area contributed by atoms with Crippen molar-refractivity contribution in [1.82, 2.24) is 44.6 Å². The summed E-state index contributed by atoms with van der Waals surface area (Å²) in [4.78, 5) is 30.5. The molecule has 0 saturated carbocycles. The van der Waals surface area contributed by atoms with Gasteiger partial charge in [0.25, 0.3) is 12.3 Å². The van der Waals surface area contributed by atoms with Crippen LogP contribution in [0.2, 0.25) is 0 Å². The van der Waals surface area contributed by atoms with E-state index < -0.39 is 18.4 Å². The molecule has 11 nitrogen and oxygen atoms in total. The molecule has 13 heteroatoms. The van der Waals surface area contributed by atoms with Gasteiger partial charge >= 0.3 is 11.8 Å². The van der Waals surface area contributed by atoms with Gasteiger partial charge in [-0.2, -0.15) is 5.10 Å². The minimum Gasteiger partial charge on any atom is -0.409 e. The molecule has 0 bridgehead atoms. The highest BCUT2D eigenvalue weighted by Gasteiger charge is 2.38. The molecule has 0 fully saturated rings. The third-order valence-electron chi connectivity index (χ3n) is 5.62. The second kappa shape index (κ2) is 7.79. The Bertz CT molecular complexity index is 1490.